The van der Waals surface area contributed by atoms with Gasteiger partial charge in [-0.05, 0) is 73.2 Å². The number of benzene rings is 2. The largest absolute Gasteiger partial charge is 0.325 e. The second-order valence-corrected chi connectivity index (χ2v) is 11.0. The first-order valence-corrected chi connectivity index (χ1v) is 13.9. The second-order valence-electron chi connectivity index (χ2n) is 11.0. The highest BCUT2D eigenvalue weighted by atomic mass is 16.2. The van der Waals surface area contributed by atoms with Crippen molar-refractivity contribution in [3.8, 4) is 0 Å². The summed E-state index contributed by atoms with van der Waals surface area (Å²) in [6.07, 6.45) is 4.81. The third kappa shape index (κ3) is 4.81. The number of carbonyl (C=O) groups is 3. The topological polar surface area (TPSA) is 107 Å². The Labute approximate surface area is 234 Å². The van der Waals surface area contributed by atoms with Crippen LogP contribution in [0.25, 0.3) is 0 Å². The lowest BCUT2D eigenvalue weighted by Gasteiger charge is -2.28. The van der Waals surface area contributed by atoms with E-state index in [1.165, 1.54) is 0 Å². The van der Waals surface area contributed by atoms with Gasteiger partial charge in [0, 0.05) is 43.6 Å². The molecule has 3 aromatic rings. The first-order chi connectivity index (χ1) is 19.5. The van der Waals surface area contributed by atoms with Gasteiger partial charge < -0.3 is 25.8 Å². The standard InChI is InChI=1S/C31H34N6O3/c1-32-18-22-7-2-3-8-23(22)19-37(30(40)36-13-4-5-14-36)20-27(38)34-25-11-10-21-16-31(17-24(21)15-25)26-9-6-12-33-28(26)35-29(31)39/h2-3,6-12,15,32H,4-5,13-14,16-20H2,1H3,(H,34,38)(H,33,35,39). The van der Waals surface area contributed by atoms with Crippen LogP contribution in [-0.2, 0) is 40.9 Å². The average Bonchev–Trinajstić information content (AvgIpc) is 3.68. The Morgan fingerprint density at radius 1 is 1.02 bits per heavy atom. The summed E-state index contributed by atoms with van der Waals surface area (Å²) in [5, 5.41) is 9.12. The number of nitrogens with one attached hydrogen (secondary N) is 3. The average molecular weight is 539 g/mol. The Morgan fingerprint density at radius 2 is 1.80 bits per heavy atom. The van der Waals surface area contributed by atoms with E-state index in [0.29, 0.717) is 50.5 Å². The minimum absolute atomic E-state index is 0.0300. The summed E-state index contributed by atoms with van der Waals surface area (Å²) >= 11 is 0. The number of aromatic nitrogens is 1. The van der Waals surface area contributed by atoms with E-state index in [2.05, 4.69) is 20.9 Å². The molecule has 6 rings (SSSR count). The molecule has 2 aromatic carbocycles. The Balaban J connectivity index is 1.18. The highest BCUT2D eigenvalue weighted by Crippen LogP contribution is 2.46. The lowest BCUT2D eigenvalue weighted by atomic mass is 9.79. The molecular weight excluding hydrogens is 504 g/mol. The summed E-state index contributed by atoms with van der Waals surface area (Å²) in [5.74, 6) is 0.352. The number of fused-ring (bicyclic) bond motifs is 3. The van der Waals surface area contributed by atoms with Crippen molar-refractivity contribution in [1.82, 2.24) is 20.1 Å². The summed E-state index contributed by atoms with van der Waals surface area (Å²) in [7, 11) is 1.89. The Morgan fingerprint density at radius 3 is 2.60 bits per heavy atom. The van der Waals surface area contributed by atoms with Gasteiger partial charge in [0.2, 0.25) is 11.8 Å². The molecule has 1 saturated heterocycles. The van der Waals surface area contributed by atoms with E-state index in [9.17, 15) is 14.4 Å². The molecule has 3 heterocycles. The maximum atomic E-state index is 13.4. The number of pyridine rings is 1. The fourth-order valence-corrected chi connectivity index (χ4v) is 6.30. The van der Waals surface area contributed by atoms with Crippen molar-refractivity contribution in [2.45, 2.75) is 44.2 Å². The van der Waals surface area contributed by atoms with Gasteiger partial charge in [0.1, 0.15) is 12.4 Å². The molecule has 4 amide bonds. The molecule has 0 bridgehead atoms. The van der Waals surface area contributed by atoms with Crippen LogP contribution in [0.2, 0.25) is 0 Å². The molecule has 1 unspecified atom stereocenters. The van der Waals surface area contributed by atoms with E-state index >= 15 is 0 Å². The SMILES string of the molecule is CNCc1ccccc1CN(CC(=O)Nc1ccc2c(c1)CC1(C2)C(=O)Nc2ncccc21)C(=O)N1CCCC1. The zero-order chi connectivity index (χ0) is 27.7. The number of hydrogen-bond acceptors (Lipinski definition) is 5. The number of hydrogen-bond donors (Lipinski definition) is 3. The molecule has 9 nitrogen and oxygen atoms in total. The summed E-state index contributed by atoms with van der Waals surface area (Å²) in [5.41, 5.74) is 5.18. The Hall–Kier alpha value is -4.24. The smallest absolute Gasteiger partial charge is 0.320 e. The van der Waals surface area contributed by atoms with Crippen LogP contribution >= 0.6 is 0 Å². The van der Waals surface area contributed by atoms with Crippen LogP contribution in [0.15, 0.2) is 60.8 Å². The van der Waals surface area contributed by atoms with Gasteiger partial charge in [-0.3, -0.25) is 9.59 Å². The molecule has 1 atom stereocenters. The van der Waals surface area contributed by atoms with Gasteiger partial charge >= 0.3 is 6.03 Å². The molecule has 1 aromatic heterocycles. The number of likely N-dealkylation sites (tertiary alicyclic amines) is 1. The molecule has 0 radical (unpaired) electrons. The molecule has 9 heteroatoms. The fourth-order valence-electron chi connectivity index (χ4n) is 6.30. The third-order valence-electron chi connectivity index (χ3n) is 8.29. The van der Waals surface area contributed by atoms with Crippen molar-refractivity contribution < 1.29 is 14.4 Å². The minimum Gasteiger partial charge on any atom is -0.325 e. The number of carbonyl (C=O) groups excluding carboxylic acids is 3. The van der Waals surface area contributed by atoms with Gasteiger partial charge in [-0.1, -0.05) is 36.4 Å². The van der Waals surface area contributed by atoms with Crippen molar-refractivity contribution in [2.75, 3.05) is 37.3 Å². The molecule has 40 heavy (non-hydrogen) atoms. The maximum Gasteiger partial charge on any atom is 0.320 e. The van der Waals surface area contributed by atoms with Crippen LogP contribution in [0.4, 0.5) is 16.3 Å². The van der Waals surface area contributed by atoms with Gasteiger partial charge in [-0.15, -0.1) is 0 Å². The first-order valence-electron chi connectivity index (χ1n) is 13.9. The lowest BCUT2D eigenvalue weighted by Crippen LogP contribution is -2.45. The number of amides is 4. The Kier molecular flexibility index (Phi) is 6.98. The van der Waals surface area contributed by atoms with Gasteiger partial charge in [0.15, 0.2) is 0 Å². The molecule has 206 valence electrons. The highest BCUT2D eigenvalue weighted by Gasteiger charge is 2.51. The van der Waals surface area contributed by atoms with Crippen LogP contribution in [0.3, 0.4) is 0 Å². The van der Waals surface area contributed by atoms with Crippen LogP contribution in [0.1, 0.15) is 40.7 Å². The molecule has 1 aliphatic carbocycles. The first kappa shape index (κ1) is 26.0. The lowest BCUT2D eigenvalue weighted by molar-refractivity contribution is -0.120. The number of nitrogens with zero attached hydrogens (tertiary/aromatic N) is 3. The van der Waals surface area contributed by atoms with Crippen LogP contribution in [0, 0.1) is 0 Å². The van der Waals surface area contributed by atoms with Crippen molar-refractivity contribution >= 4 is 29.4 Å². The van der Waals surface area contributed by atoms with Crippen molar-refractivity contribution in [2.24, 2.45) is 0 Å². The zero-order valence-corrected chi connectivity index (χ0v) is 22.7. The Bertz CT molecular complexity index is 1470. The zero-order valence-electron chi connectivity index (χ0n) is 22.7. The maximum absolute atomic E-state index is 13.4. The predicted molar refractivity (Wildman–Crippen MR) is 153 cm³/mol. The normalized spacial score (nSPS) is 18.9. The predicted octanol–water partition coefficient (Wildman–Crippen LogP) is 3.45. The van der Waals surface area contributed by atoms with Crippen LogP contribution in [0.5, 0.6) is 0 Å². The van der Waals surface area contributed by atoms with E-state index in [4.69, 9.17) is 0 Å². The molecular formula is C31H34N6O3. The fraction of sp³-hybridized carbons (Fsp3) is 0.355. The molecule has 1 fully saturated rings. The van der Waals surface area contributed by atoms with E-state index in [0.717, 1.165) is 40.7 Å². The van der Waals surface area contributed by atoms with Gasteiger partial charge in [-0.2, -0.15) is 0 Å². The molecule has 3 N–H and O–H groups in total. The molecule has 1 spiro atoms. The highest BCUT2D eigenvalue weighted by molar-refractivity contribution is 6.06. The summed E-state index contributed by atoms with van der Waals surface area (Å²) in [6.45, 7) is 2.42. The van der Waals surface area contributed by atoms with E-state index in [-0.39, 0.29) is 24.4 Å². The molecule has 2 aliphatic heterocycles. The molecule has 0 saturated carbocycles. The number of urea groups is 1. The second kappa shape index (κ2) is 10.7. The molecule has 3 aliphatic rings. The van der Waals surface area contributed by atoms with Gasteiger partial charge in [0.25, 0.3) is 0 Å². The van der Waals surface area contributed by atoms with Crippen molar-refractivity contribution in [1.29, 1.82) is 0 Å². The summed E-state index contributed by atoms with van der Waals surface area (Å²) in [6, 6.07) is 17.5. The minimum atomic E-state index is -0.658. The summed E-state index contributed by atoms with van der Waals surface area (Å²) in [4.78, 5) is 47.6. The van der Waals surface area contributed by atoms with Gasteiger partial charge in [-0.25, -0.2) is 9.78 Å². The number of rotatable bonds is 7. The van der Waals surface area contributed by atoms with E-state index in [1.807, 2.05) is 66.5 Å². The monoisotopic (exact) mass is 538 g/mol. The van der Waals surface area contributed by atoms with Crippen LogP contribution < -0.4 is 16.0 Å². The summed E-state index contributed by atoms with van der Waals surface area (Å²) < 4.78 is 0. The number of anilines is 2. The quantitative estimate of drug-likeness (QED) is 0.427. The van der Waals surface area contributed by atoms with Crippen molar-refractivity contribution in [3.63, 3.8) is 0 Å². The van der Waals surface area contributed by atoms with Gasteiger partial charge in [0.05, 0.1) is 5.41 Å². The van der Waals surface area contributed by atoms with E-state index in [1.54, 1.807) is 11.1 Å². The van der Waals surface area contributed by atoms with E-state index < -0.39 is 5.41 Å². The van der Waals surface area contributed by atoms with Crippen LogP contribution in [-0.4, -0.2) is 59.3 Å². The third-order valence-corrected chi connectivity index (χ3v) is 8.29. The van der Waals surface area contributed by atoms with Crippen molar-refractivity contribution in [3.05, 3.63) is 88.6 Å².